The van der Waals surface area contributed by atoms with Crippen LogP contribution in [0.1, 0.15) is 60.5 Å². The molecule has 2 aromatic rings. The maximum Gasteiger partial charge on any atom is 0.349 e. The summed E-state index contributed by atoms with van der Waals surface area (Å²) in [6.07, 6.45) is 0.927. The maximum atomic E-state index is 12.2. The van der Waals surface area contributed by atoms with E-state index in [1.165, 1.54) is 6.07 Å². The number of carbonyl (C=O) groups excluding carboxylic acids is 2. The number of hydrogen-bond acceptors (Lipinski definition) is 4. The smallest absolute Gasteiger partial charge is 0.349 e. The molecule has 0 amide bonds. The summed E-state index contributed by atoms with van der Waals surface area (Å²) in [6.45, 7) is 5.77. The molecule has 2 aromatic carbocycles. The lowest BCUT2D eigenvalue weighted by Crippen LogP contribution is -2.18. The molecule has 126 valence electrons. The van der Waals surface area contributed by atoms with E-state index in [2.05, 4.69) is 0 Å². The van der Waals surface area contributed by atoms with E-state index in [1.807, 2.05) is 32.0 Å². The molecule has 2 atom stereocenters. The molecule has 24 heavy (non-hydrogen) atoms. The first-order valence-corrected chi connectivity index (χ1v) is 8.07. The van der Waals surface area contributed by atoms with E-state index >= 15 is 0 Å². The van der Waals surface area contributed by atoms with Gasteiger partial charge in [0.1, 0.15) is 11.3 Å². The Bertz CT molecular complexity index is 722. The zero-order chi connectivity index (χ0) is 17.7. The quantitative estimate of drug-likeness (QED) is 0.653. The first kappa shape index (κ1) is 17.7. The minimum absolute atomic E-state index is 0.00401. The zero-order valence-corrected chi connectivity index (χ0v) is 14.2. The van der Waals surface area contributed by atoms with E-state index < -0.39 is 17.9 Å². The molecule has 1 unspecified atom stereocenters. The SMILES string of the molecule is CCC(C)c1ccc(C(=O)OC(=O)[C@@H](C)c2ccccc2)c(O)c1. The van der Waals surface area contributed by atoms with Gasteiger partial charge in [-0.05, 0) is 42.5 Å². The van der Waals surface area contributed by atoms with Crippen molar-refractivity contribution in [2.45, 2.75) is 39.0 Å². The number of rotatable bonds is 5. The van der Waals surface area contributed by atoms with Gasteiger partial charge < -0.3 is 9.84 Å². The number of carbonyl (C=O) groups is 2. The molecule has 4 heteroatoms. The molecule has 0 aliphatic rings. The molecule has 0 bridgehead atoms. The second-order valence-corrected chi connectivity index (χ2v) is 5.93. The van der Waals surface area contributed by atoms with E-state index in [0.717, 1.165) is 17.5 Å². The van der Waals surface area contributed by atoms with Crippen LogP contribution in [0.3, 0.4) is 0 Å². The highest BCUT2D eigenvalue weighted by Gasteiger charge is 2.23. The second kappa shape index (κ2) is 7.77. The normalized spacial score (nSPS) is 13.1. The topological polar surface area (TPSA) is 63.6 Å². The van der Waals surface area contributed by atoms with Crippen molar-refractivity contribution >= 4 is 11.9 Å². The highest BCUT2D eigenvalue weighted by atomic mass is 16.6. The summed E-state index contributed by atoms with van der Waals surface area (Å²) < 4.78 is 4.92. The van der Waals surface area contributed by atoms with Crippen molar-refractivity contribution in [1.29, 1.82) is 0 Å². The van der Waals surface area contributed by atoms with Crippen LogP contribution in [0.2, 0.25) is 0 Å². The lowest BCUT2D eigenvalue weighted by atomic mass is 9.97. The van der Waals surface area contributed by atoms with E-state index in [4.69, 9.17) is 4.74 Å². The van der Waals surface area contributed by atoms with Crippen LogP contribution in [0.5, 0.6) is 5.75 Å². The van der Waals surface area contributed by atoms with Gasteiger partial charge in [-0.1, -0.05) is 50.2 Å². The number of esters is 2. The van der Waals surface area contributed by atoms with Crippen molar-refractivity contribution in [3.05, 3.63) is 65.2 Å². The molecule has 1 N–H and O–H groups in total. The maximum absolute atomic E-state index is 12.2. The molecule has 0 radical (unpaired) electrons. The summed E-state index contributed by atoms with van der Waals surface area (Å²) in [5, 5.41) is 10.1. The Morgan fingerprint density at radius 3 is 2.29 bits per heavy atom. The number of ether oxygens (including phenoxy) is 1. The average Bonchev–Trinajstić information content (AvgIpc) is 2.60. The molecule has 0 saturated heterocycles. The van der Waals surface area contributed by atoms with Crippen LogP contribution >= 0.6 is 0 Å². The minimum Gasteiger partial charge on any atom is -0.507 e. The fourth-order valence-electron chi connectivity index (χ4n) is 2.38. The Hall–Kier alpha value is -2.62. The van der Waals surface area contributed by atoms with Crippen LogP contribution < -0.4 is 0 Å². The minimum atomic E-state index is -0.837. The monoisotopic (exact) mass is 326 g/mol. The van der Waals surface area contributed by atoms with Crippen LogP contribution in [0, 0.1) is 0 Å². The van der Waals surface area contributed by atoms with Crippen molar-refractivity contribution in [3.63, 3.8) is 0 Å². The molecule has 0 spiro atoms. The van der Waals surface area contributed by atoms with Crippen molar-refractivity contribution in [1.82, 2.24) is 0 Å². The van der Waals surface area contributed by atoms with Crippen molar-refractivity contribution in [2.75, 3.05) is 0 Å². The van der Waals surface area contributed by atoms with Crippen molar-refractivity contribution in [3.8, 4) is 5.75 Å². The standard InChI is InChI=1S/C20H22O4/c1-4-13(2)16-10-11-17(18(21)12-16)20(23)24-19(22)14(3)15-8-6-5-7-9-15/h5-14,21H,4H2,1-3H3/t13?,14-/m0/s1. The molecule has 0 heterocycles. The van der Waals surface area contributed by atoms with Crippen molar-refractivity contribution in [2.24, 2.45) is 0 Å². The Morgan fingerprint density at radius 2 is 1.71 bits per heavy atom. The van der Waals surface area contributed by atoms with Crippen LogP contribution in [0.25, 0.3) is 0 Å². The number of phenolic OH excluding ortho intramolecular Hbond substituents is 1. The predicted octanol–water partition coefficient (Wildman–Crippen LogP) is 4.39. The predicted molar refractivity (Wildman–Crippen MR) is 92.1 cm³/mol. The van der Waals surface area contributed by atoms with Gasteiger partial charge in [0.25, 0.3) is 0 Å². The average molecular weight is 326 g/mol. The Labute approximate surface area is 142 Å². The second-order valence-electron chi connectivity index (χ2n) is 5.93. The van der Waals surface area contributed by atoms with Gasteiger partial charge in [0.15, 0.2) is 0 Å². The molecule has 0 aliphatic carbocycles. The van der Waals surface area contributed by atoms with Gasteiger partial charge in [0.05, 0.1) is 5.92 Å². The van der Waals surface area contributed by atoms with Crippen LogP contribution in [-0.4, -0.2) is 17.0 Å². The van der Waals surface area contributed by atoms with Crippen LogP contribution in [0.15, 0.2) is 48.5 Å². The number of hydrogen-bond donors (Lipinski definition) is 1. The first-order valence-electron chi connectivity index (χ1n) is 8.07. The molecule has 4 nitrogen and oxygen atoms in total. The first-order chi connectivity index (χ1) is 11.4. The number of aromatic hydroxyl groups is 1. The Balaban J connectivity index is 2.11. The van der Waals surface area contributed by atoms with Crippen LogP contribution in [-0.2, 0) is 9.53 Å². The third-order valence-electron chi connectivity index (χ3n) is 4.27. The van der Waals surface area contributed by atoms with E-state index in [1.54, 1.807) is 31.2 Å². The molecule has 0 aromatic heterocycles. The molecule has 0 fully saturated rings. The van der Waals surface area contributed by atoms with Gasteiger partial charge in [-0.15, -0.1) is 0 Å². The lowest BCUT2D eigenvalue weighted by molar-refractivity contribution is -0.139. The number of benzene rings is 2. The van der Waals surface area contributed by atoms with Gasteiger partial charge >= 0.3 is 11.9 Å². The molecular formula is C20H22O4. The highest BCUT2D eigenvalue weighted by molar-refractivity contribution is 6.00. The number of phenols is 1. The summed E-state index contributed by atoms with van der Waals surface area (Å²) in [4.78, 5) is 24.3. The van der Waals surface area contributed by atoms with E-state index in [0.29, 0.717) is 0 Å². The Morgan fingerprint density at radius 1 is 1.04 bits per heavy atom. The third kappa shape index (κ3) is 4.02. The summed E-state index contributed by atoms with van der Waals surface area (Å²) in [5.74, 6) is -1.93. The summed E-state index contributed by atoms with van der Waals surface area (Å²) >= 11 is 0. The van der Waals surface area contributed by atoms with Gasteiger partial charge in [0.2, 0.25) is 0 Å². The highest BCUT2D eigenvalue weighted by Crippen LogP contribution is 2.27. The molecule has 0 saturated carbocycles. The van der Waals surface area contributed by atoms with E-state index in [-0.39, 0.29) is 17.2 Å². The fraction of sp³-hybridized carbons (Fsp3) is 0.300. The van der Waals surface area contributed by atoms with Gasteiger partial charge in [-0.3, -0.25) is 4.79 Å². The largest absolute Gasteiger partial charge is 0.507 e. The lowest BCUT2D eigenvalue weighted by Gasteiger charge is -2.13. The zero-order valence-electron chi connectivity index (χ0n) is 14.2. The van der Waals surface area contributed by atoms with Crippen LogP contribution in [0.4, 0.5) is 0 Å². The fourth-order valence-corrected chi connectivity index (χ4v) is 2.38. The summed E-state index contributed by atoms with van der Waals surface area (Å²) in [6, 6.07) is 13.9. The summed E-state index contributed by atoms with van der Waals surface area (Å²) in [5.41, 5.74) is 1.71. The third-order valence-corrected chi connectivity index (χ3v) is 4.27. The van der Waals surface area contributed by atoms with Gasteiger partial charge in [-0.2, -0.15) is 0 Å². The molecule has 2 rings (SSSR count). The van der Waals surface area contributed by atoms with E-state index in [9.17, 15) is 14.7 Å². The Kier molecular flexibility index (Phi) is 5.74. The molecular weight excluding hydrogens is 304 g/mol. The van der Waals surface area contributed by atoms with Gasteiger partial charge in [0, 0.05) is 0 Å². The molecule has 0 aliphatic heterocycles. The summed E-state index contributed by atoms with van der Waals surface area (Å²) in [7, 11) is 0. The van der Waals surface area contributed by atoms with Crippen molar-refractivity contribution < 1.29 is 19.4 Å². The van der Waals surface area contributed by atoms with Gasteiger partial charge in [-0.25, -0.2) is 4.79 Å².